The van der Waals surface area contributed by atoms with Crippen molar-refractivity contribution in [1.29, 1.82) is 0 Å². The number of aliphatic hydroxyl groups excluding tert-OH is 4. The van der Waals surface area contributed by atoms with Crippen molar-refractivity contribution in [3.05, 3.63) is 0 Å². The van der Waals surface area contributed by atoms with Gasteiger partial charge in [0.25, 0.3) is 0 Å². The molecule has 0 saturated carbocycles. The molecule has 0 aromatic heterocycles. The van der Waals surface area contributed by atoms with Gasteiger partial charge in [-0.1, -0.05) is 57.8 Å². The van der Waals surface area contributed by atoms with Crippen molar-refractivity contribution in [2.75, 3.05) is 6.61 Å². The first kappa shape index (κ1) is 21.8. The smallest absolute Gasteiger partial charge is 0.0799 e. The maximum atomic E-state index is 9.92. The quantitative estimate of drug-likeness (QED) is 0.330. The van der Waals surface area contributed by atoms with Gasteiger partial charge in [0.05, 0.1) is 18.3 Å². The summed E-state index contributed by atoms with van der Waals surface area (Å²) in [5.74, 6) is 0. The van der Waals surface area contributed by atoms with Gasteiger partial charge >= 0.3 is 0 Å². The summed E-state index contributed by atoms with van der Waals surface area (Å²) in [5.41, 5.74) is 0. The Bertz CT molecular complexity index is 221. The lowest BCUT2D eigenvalue weighted by Crippen LogP contribution is -2.25. The van der Waals surface area contributed by atoms with Crippen LogP contribution < -0.4 is 0 Å². The standard InChI is InChI=1S/C18H38O4/c1-16(20)12-8-5-6-10-14-18(22)17(21)13-9-4-2-3-7-11-15-19/h16-22H,2-15H2,1H3. The molecule has 0 spiro atoms. The minimum atomic E-state index is -0.592. The van der Waals surface area contributed by atoms with Gasteiger partial charge < -0.3 is 20.4 Å². The lowest BCUT2D eigenvalue weighted by atomic mass is 9.99. The highest BCUT2D eigenvalue weighted by Gasteiger charge is 2.15. The maximum Gasteiger partial charge on any atom is 0.0799 e. The summed E-state index contributed by atoms with van der Waals surface area (Å²) >= 11 is 0. The van der Waals surface area contributed by atoms with Crippen LogP contribution in [0.5, 0.6) is 0 Å². The summed E-state index contributed by atoms with van der Waals surface area (Å²) < 4.78 is 0. The predicted octanol–water partition coefficient (Wildman–Crippen LogP) is 3.15. The molecule has 0 amide bonds. The van der Waals surface area contributed by atoms with Crippen molar-refractivity contribution >= 4 is 0 Å². The van der Waals surface area contributed by atoms with Crippen LogP contribution in [0.4, 0.5) is 0 Å². The van der Waals surface area contributed by atoms with Crippen LogP contribution in [-0.4, -0.2) is 45.3 Å². The number of hydrogen-bond donors (Lipinski definition) is 4. The molecule has 4 N–H and O–H groups in total. The fourth-order valence-electron chi connectivity index (χ4n) is 2.70. The van der Waals surface area contributed by atoms with Gasteiger partial charge in [0.1, 0.15) is 0 Å². The lowest BCUT2D eigenvalue weighted by molar-refractivity contribution is 0.00709. The average Bonchev–Trinajstić information content (AvgIpc) is 2.49. The Hall–Kier alpha value is -0.160. The number of hydrogen-bond acceptors (Lipinski definition) is 4. The molecule has 0 aromatic carbocycles. The van der Waals surface area contributed by atoms with E-state index in [2.05, 4.69) is 0 Å². The van der Waals surface area contributed by atoms with Gasteiger partial charge in [-0.25, -0.2) is 0 Å². The lowest BCUT2D eigenvalue weighted by Gasteiger charge is -2.17. The Balaban J connectivity index is 3.37. The molecule has 134 valence electrons. The van der Waals surface area contributed by atoms with Crippen molar-refractivity contribution in [3.63, 3.8) is 0 Å². The van der Waals surface area contributed by atoms with Crippen LogP contribution in [0.2, 0.25) is 0 Å². The third-order valence-corrected chi connectivity index (χ3v) is 4.22. The molecule has 0 aliphatic rings. The van der Waals surface area contributed by atoms with Crippen LogP contribution in [0.15, 0.2) is 0 Å². The third kappa shape index (κ3) is 14.8. The van der Waals surface area contributed by atoms with Crippen LogP contribution >= 0.6 is 0 Å². The van der Waals surface area contributed by atoms with Crippen LogP contribution in [0.25, 0.3) is 0 Å². The Morgan fingerprint density at radius 2 is 0.909 bits per heavy atom. The Morgan fingerprint density at radius 1 is 0.545 bits per heavy atom. The molecule has 0 heterocycles. The zero-order valence-corrected chi connectivity index (χ0v) is 14.4. The van der Waals surface area contributed by atoms with Crippen LogP contribution in [0.3, 0.4) is 0 Å². The molecule has 0 rings (SSSR count). The van der Waals surface area contributed by atoms with Gasteiger partial charge in [0.2, 0.25) is 0 Å². The largest absolute Gasteiger partial charge is 0.396 e. The van der Waals surface area contributed by atoms with E-state index in [1.807, 2.05) is 6.92 Å². The van der Waals surface area contributed by atoms with E-state index in [0.29, 0.717) is 12.8 Å². The van der Waals surface area contributed by atoms with Gasteiger partial charge in [0, 0.05) is 6.61 Å². The maximum absolute atomic E-state index is 9.92. The molecule has 4 heteroatoms. The fourth-order valence-corrected chi connectivity index (χ4v) is 2.70. The van der Waals surface area contributed by atoms with E-state index in [9.17, 15) is 10.2 Å². The van der Waals surface area contributed by atoms with E-state index in [-0.39, 0.29) is 12.7 Å². The Kier molecular flexibility index (Phi) is 15.6. The minimum absolute atomic E-state index is 0.212. The highest BCUT2D eigenvalue weighted by molar-refractivity contribution is 4.67. The zero-order chi connectivity index (χ0) is 16.6. The van der Waals surface area contributed by atoms with E-state index in [0.717, 1.165) is 70.6 Å². The number of aliphatic hydroxyl groups is 4. The van der Waals surface area contributed by atoms with Crippen molar-refractivity contribution in [2.45, 2.75) is 109 Å². The van der Waals surface area contributed by atoms with Crippen LogP contribution in [-0.2, 0) is 0 Å². The molecule has 3 unspecified atom stereocenters. The molecule has 22 heavy (non-hydrogen) atoms. The van der Waals surface area contributed by atoms with Gasteiger partial charge in [-0.2, -0.15) is 0 Å². The van der Waals surface area contributed by atoms with Crippen LogP contribution in [0.1, 0.15) is 90.4 Å². The van der Waals surface area contributed by atoms with E-state index in [4.69, 9.17) is 10.2 Å². The molecule has 0 aliphatic carbocycles. The number of rotatable bonds is 16. The SMILES string of the molecule is CC(O)CCCCCCC(O)C(O)CCCCCCCCO. The molecular formula is C18H38O4. The first-order valence-electron chi connectivity index (χ1n) is 9.23. The van der Waals surface area contributed by atoms with E-state index >= 15 is 0 Å². The molecule has 0 fully saturated rings. The fraction of sp³-hybridized carbons (Fsp3) is 1.00. The van der Waals surface area contributed by atoms with E-state index < -0.39 is 12.2 Å². The molecule has 0 aliphatic heterocycles. The highest BCUT2D eigenvalue weighted by atomic mass is 16.3. The van der Waals surface area contributed by atoms with Gasteiger partial charge in [-0.15, -0.1) is 0 Å². The summed E-state index contributed by atoms with van der Waals surface area (Å²) in [7, 11) is 0. The summed E-state index contributed by atoms with van der Waals surface area (Å²) in [6.07, 6.45) is 11.2. The molecule has 0 saturated heterocycles. The number of unbranched alkanes of at least 4 members (excludes halogenated alkanes) is 8. The van der Waals surface area contributed by atoms with Gasteiger partial charge in [-0.3, -0.25) is 0 Å². The topological polar surface area (TPSA) is 80.9 Å². The average molecular weight is 318 g/mol. The summed E-state index contributed by atoms with van der Waals surface area (Å²) in [5, 5.41) is 37.7. The van der Waals surface area contributed by atoms with Gasteiger partial charge in [0.15, 0.2) is 0 Å². The molecule has 3 atom stereocenters. The molecular weight excluding hydrogens is 280 g/mol. The Morgan fingerprint density at radius 3 is 1.32 bits per heavy atom. The Labute approximate surface area is 136 Å². The van der Waals surface area contributed by atoms with Crippen molar-refractivity contribution in [3.8, 4) is 0 Å². The monoisotopic (exact) mass is 318 g/mol. The van der Waals surface area contributed by atoms with Crippen LogP contribution in [0, 0.1) is 0 Å². The van der Waals surface area contributed by atoms with E-state index in [1.165, 1.54) is 0 Å². The second-order valence-electron chi connectivity index (χ2n) is 6.61. The first-order chi connectivity index (χ1) is 10.6. The normalized spacial score (nSPS) is 15.7. The van der Waals surface area contributed by atoms with E-state index in [1.54, 1.807) is 0 Å². The van der Waals surface area contributed by atoms with Crippen molar-refractivity contribution in [2.24, 2.45) is 0 Å². The zero-order valence-electron chi connectivity index (χ0n) is 14.4. The molecule has 0 aromatic rings. The minimum Gasteiger partial charge on any atom is -0.396 e. The third-order valence-electron chi connectivity index (χ3n) is 4.22. The summed E-state index contributed by atoms with van der Waals surface area (Å²) in [6.45, 7) is 2.09. The van der Waals surface area contributed by atoms with Crippen molar-refractivity contribution in [1.82, 2.24) is 0 Å². The van der Waals surface area contributed by atoms with Gasteiger partial charge in [-0.05, 0) is 32.6 Å². The summed E-state index contributed by atoms with van der Waals surface area (Å²) in [4.78, 5) is 0. The van der Waals surface area contributed by atoms with Crippen molar-refractivity contribution < 1.29 is 20.4 Å². The highest BCUT2D eigenvalue weighted by Crippen LogP contribution is 2.15. The molecule has 0 bridgehead atoms. The first-order valence-corrected chi connectivity index (χ1v) is 9.23. The molecule has 4 nitrogen and oxygen atoms in total. The second-order valence-corrected chi connectivity index (χ2v) is 6.61. The predicted molar refractivity (Wildman–Crippen MR) is 90.8 cm³/mol. The molecule has 0 radical (unpaired) electrons. The second kappa shape index (κ2) is 15.7. The summed E-state index contributed by atoms with van der Waals surface area (Å²) in [6, 6.07) is 0.